The first kappa shape index (κ1) is 12.3. The molecule has 0 N–H and O–H groups in total. The third kappa shape index (κ3) is 4.20. The summed E-state index contributed by atoms with van der Waals surface area (Å²) in [6.45, 7) is 7.62. The Hall–Kier alpha value is 0.270. The summed E-state index contributed by atoms with van der Waals surface area (Å²) in [7, 11) is 1.77. The van der Waals surface area contributed by atoms with Crippen LogP contribution >= 0.6 is 12.6 Å². The van der Waals surface area contributed by atoms with Gasteiger partial charge in [-0.25, -0.2) is 0 Å². The van der Waals surface area contributed by atoms with Gasteiger partial charge >= 0.3 is 0 Å². The number of nitrogens with zero attached hydrogens (tertiary/aromatic N) is 1. The van der Waals surface area contributed by atoms with E-state index >= 15 is 0 Å². The number of rotatable bonds is 7. The molecule has 84 valence electrons. The van der Waals surface area contributed by atoms with Gasteiger partial charge in [0.05, 0.1) is 6.61 Å². The predicted molar refractivity (Wildman–Crippen MR) is 64.1 cm³/mol. The molecule has 0 radical (unpaired) electrons. The average Bonchev–Trinajstić information content (AvgIpc) is 2.95. The minimum absolute atomic E-state index is 0.319. The SMILES string of the molecule is COCCN(CC(C)(C)CS)C1CC1. The highest BCUT2D eigenvalue weighted by Gasteiger charge is 2.32. The molecule has 0 aromatic rings. The van der Waals surface area contributed by atoms with E-state index in [9.17, 15) is 0 Å². The summed E-state index contributed by atoms with van der Waals surface area (Å²) in [5.74, 6) is 0.948. The molecule has 0 saturated heterocycles. The monoisotopic (exact) mass is 217 g/mol. The van der Waals surface area contributed by atoms with Crippen molar-refractivity contribution in [2.45, 2.75) is 32.7 Å². The summed E-state index contributed by atoms with van der Waals surface area (Å²) in [6, 6.07) is 0.823. The second-order valence-electron chi connectivity index (χ2n) is 5.02. The molecule has 1 saturated carbocycles. The van der Waals surface area contributed by atoms with Gasteiger partial charge in [0, 0.05) is 26.2 Å². The van der Waals surface area contributed by atoms with Crippen LogP contribution in [0.2, 0.25) is 0 Å². The molecule has 0 bridgehead atoms. The second-order valence-corrected chi connectivity index (χ2v) is 5.33. The maximum absolute atomic E-state index is 5.14. The minimum atomic E-state index is 0.319. The van der Waals surface area contributed by atoms with Crippen LogP contribution in [-0.4, -0.2) is 43.5 Å². The Morgan fingerprint density at radius 2 is 2.07 bits per heavy atom. The molecule has 0 aliphatic heterocycles. The van der Waals surface area contributed by atoms with Crippen LogP contribution in [0.5, 0.6) is 0 Å². The molecular formula is C11H23NOS. The van der Waals surface area contributed by atoms with Crippen molar-refractivity contribution in [2.24, 2.45) is 5.41 Å². The zero-order chi connectivity index (χ0) is 10.6. The Morgan fingerprint density at radius 1 is 1.43 bits per heavy atom. The van der Waals surface area contributed by atoms with E-state index < -0.39 is 0 Å². The van der Waals surface area contributed by atoms with Crippen molar-refractivity contribution in [1.29, 1.82) is 0 Å². The first-order valence-electron chi connectivity index (χ1n) is 5.43. The van der Waals surface area contributed by atoms with Crippen molar-refractivity contribution >= 4 is 12.6 Å². The van der Waals surface area contributed by atoms with Gasteiger partial charge in [-0.3, -0.25) is 4.90 Å². The molecule has 1 fully saturated rings. The van der Waals surface area contributed by atoms with Crippen LogP contribution in [0.15, 0.2) is 0 Å². The summed E-state index contributed by atoms with van der Waals surface area (Å²) < 4.78 is 5.14. The van der Waals surface area contributed by atoms with Crippen LogP contribution in [0.25, 0.3) is 0 Å². The highest BCUT2D eigenvalue weighted by Crippen LogP contribution is 2.30. The fourth-order valence-corrected chi connectivity index (χ4v) is 1.74. The van der Waals surface area contributed by atoms with Crippen molar-refractivity contribution < 1.29 is 4.74 Å². The molecule has 0 aromatic heterocycles. The number of thiol groups is 1. The maximum atomic E-state index is 5.14. The van der Waals surface area contributed by atoms with Crippen molar-refractivity contribution in [1.82, 2.24) is 4.90 Å². The Balaban J connectivity index is 2.34. The van der Waals surface area contributed by atoms with Gasteiger partial charge in [0.15, 0.2) is 0 Å². The van der Waals surface area contributed by atoms with E-state index in [0.29, 0.717) is 5.41 Å². The summed E-state index contributed by atoms with van der Waals surface area (Å²) in [4.78, 5) is 2.56. The van der Waals surface area contributed by atoms with Crippen LogP contribution in [0.1, 0.15) is 26.7 Å². The second kappa shape index (κ2) is 5.38. The third-order valence-corrected chi connectivity index (χ3v) is 3.56. The van der Waals surface area contributed by atoms with Crippen molar-refractivity contribution in [3.8, 4) is 0 Å². The van der Waals surface area contributed by atoms with E-state index in [-0.39, 0.29) is 0 Å². The number of ether oxygens (including phenoxy) is 1. The van der Waals surface area contributed by atoms with Crippen molar-refractivity contribution in [3.05, 3.63) is 0 Å². The van der Waals surface area contributed by atoms with Gasteiger partial charge in [-0.05, 0) is 24.0 Å². The first-order chi connectivity index (χ1) is 6.59. The van der Waals surface area contributed by atoms with E-state index in [0.717, 1.165) is 31.5 Å². The van der Waals surface area contributed by atoms with Gasteiger partial charge < -0.3 is 4.74 Å². The highest BCUT2D eigenvalue weighted by atomic mass is 32.1. The van der Waals surface area contributed by atoms with Crippen LogP contribution in [0.3, 0.4) is 0 Å². The fraction of sp³-hybridized carbons (Fsp3) is 1.00. The van der Waals surface area contributed by atoms with Crippen molar-refractivity contribution in [3.63, 3.8) is 0 Å². The smallest absolute Gasteiger partial charge is 0.0589 e. The van der Waals surface area contributed by atoms with Gasteiger partial charge in [-0.1, -0.05) is 13.8 Å². The van der Waals surface area contributed by atoms with Gasteiger partial charge in [0.2, 0.25) is 0 Å². The molecule has 14 heavy (non-hydrogen) atoms. The first-order valence-corrected chi connectivity index (χ1v) is 6.06. The topological polar surface area (TPSA) is 12.5 Å². The lowest BCUT2D eigenvalue weighted by Crippen LogP contribution is -2.38. The average molecular weight is 217 g/mol. The van der Waals surface area contributed by atoms with Crippen LogP contribution in [-0.2, 0) is 4.74 Å². The molecule has 0 heterocycles. The molecule has 1 rings (SSSR count). The molecule has 0 atom stereocenters. The molecule has 1 aliphatic rings. The highest BCUT2D eigenvalue weighted by molar-refractivity contribution is 7.80. The number of hydrogen-bond acceptors (Lipinski definition) is 3. The largest absolute Gasteiger partial charge is 0.383 e. The summed E-state index contributed by atoms with van der Waals surface area (Å²) >= 11 is 4.40. The lowest BCUT2D eigenvalue weighted by molar-refractivity contribution is 0.119. The molecular weight excluding hydrogens is 194 g/mol. The van der Waals surface area contributed by atoms with Gasteiger partial charge in [-0.15, -0.1) is 0 Å². The van der Waals surface area contributed by atoms with E-state index in [2.05, 4.69) is 31.4 Å². The van der Waals surface area contributed by atoms with Gasteiger partial charge in [-0.2, -0.15) is 12.6 Å². The molecule has 3 heteroatoms. The fourth-order valence-electron chi connectivity index (χ4n) is 1.64. The van der Waals surface area contributed by atoms with E-state index in [1.807, 2.05) is 0 Å². The molecule has 1 aliphatic carbocycles. The molecule has 0 unspecified atom stereocenters. The minimum Gasteiger partial charge on any atom is -0.383 e. The van der Waals surface area contributed by atoms with Crippen LogP contribution in [0, 0.1) is 5.41 Å². The molecule has 2 nitrogen and oxygen atoms in total. The van der Waals surface area contributed by atoms with E-state index in [1.54, 1.807) is 7.11 Å². The Kier molecular flexibility index (Phi) is 4.74. The molecule has 0 spiro atoms. The van der Waals surface area contributed by atoms with Crippen LogP contribution < -0.4 is 0 Å². The Bertz CT molecular complexity index is 169. The lowest BCUT2D eigenvalue weighted by Gasteiger charge is -2.31. The van der Waals surface area contributed by atoms with E-state index in [4.69, 9.17) is 4.74 Å². The third-order valence-electron chi connectivity index (χ3n) is 2.71. The van der Waals surface area contributed by atoms with Crippen LogP contribution in [0.4, 0.5) is 0 Å². The number of hydrogen-bond donors (Lipinski definition) is 1. The Labute approximate surface area is 93.4 Å². The standard InChI is InChI=1S/C11H23NOS/c1-11(2,9-14)8-12(6-7-13-3)10-4-5-10/h10,14H,4-9H2,1-3H3. The zero-order valence-corrected chi connectivity index (χ0v) is 10.5. The maximum Gasteiger partial charge on any atom is 0.0589 e. The lowest BCUT2D eigenvalue weighted by atomic mass is 9.95. The predicted octanol–water partition coefficient (Wildman–Crippen LogP) is 2.05. The zero-order valence-electron chi connectivity index (χ0n) is 9.62. The molecule has 0 amide bonds. The van der Waals surface area contributed by atoms with E-state index in [1.165, 1.54) is 12.8 Å². The van der Waals surface area contributed by atoms with Gasteiger partial charge in [0.1, 0.15) is 0 Å². The number of methoxy groups -OCH3 is 1. The molecule has 0 aromatic carbocycles. The summed E-state index contributed by atoms with van der Waals surface area (Å²) in [6.07, 6.45) is 2.73. The quantitative estimate of drug-likeness (QED) is 0.655. The van der Waals surface area contributed by atoms with Gasteiger partial charge in [0.25, 0.3) is 0 Å². The summed E-state index contributed by atoms with van der Waals surface area (Å²) in [5, 5.41) is 0. The Morgan fingerprint density at radius 3 is 2.50 bits per heavy atom. The summed E-state index contributed by atoms with van der Waals surface area (Å²) in [5.41, 5.74) is 0.319. The normalized spacial score (nSPS) is 17.8. The van der Waals surface area contributed by atoms with Crippen molar-refractivity contribution in [2.75, 3.05) is 32.6 Å².